The van der Waals surface area contributed by atoms with Crippen LogP contribution in [0.15, 0.2) is 46.0 Å². The van der Waals surface area contributed by atoms with Crippen LogP contribution in [0.3, 0.4) is 0 Å². The average Bonchev–Trinajstić information content (AvgIpc) is 3.55. The number of amides is 2. The third kappa shape index (κ3) is 5.85. The molecule has 5 heterocycles. The van der Waals surface area contributed by atoms with E-state index in [1.807, 2.05) is 37.0 Å². The van der Waals surface area contributed by atoms with E-state index < -0.39 is 29.2 Å². The predicted molar refractivity (Wildman–Crippen MR) is 150 cm³/mol. The van der Waals surface area contributed by atoms with Gasteiger partial charge in [-0.25, -0.2) is 4.57 Å². The lowest BCUT2D eigenvalue weighted by molar-refractivity contribution is -0.662. The van der Waals surface area contributed by atoms with Gasteiger partial charge in [-0.15, -0.1) is 28.0 Å². The van der Waals surface area contributed by atoms with Crippen LogP contribution in [0.5, 0.6) is 0 Å². The van der Waals surface area contributed by atoms with E-state index in [0.29, 0.717) is 11.3 Å². The number of nitrogen functional groups attached to an aromatic ring is 1. The zero-order valence-electron chi connectivity index (χ0n) is 22.2. The molecule has 3 aromatic heterocycles. The van der Waals surface area contributed by atoms with Crippen molar-refractivity contribution in [2.24, 2.45) is 5.16 Å². The van der Waals surface area contributed by atoms with Gasteiger partial charge in [0.25, 0.3) is 11.8 Å². The molecular weight excluding hydrogens is 593 g/mol. The molecule has 2 aliphatic heterocycles. The number of hydrogen-bond acceptors (Lipinski definition) is 14. The molecule has 0 aliphatic carbocycles. The summed E-state index contributed by atoms with van der Waals surface area (Å²) in [5.74, 6) is -1.64. The first-order chi connectivity index (χ1) is 19.7. The number of carbonyl (C=O) groups is 3. The predicted octanol–water partition coefficient (Wildman–Crippen LogP) is -1.84. The summed E-state index contributed by atoms with van der Waals surface area (Å²) < 4.78 is 7.56. The number of rotatable bonds is 11. The molecule has 0 saturated carbocycles. The summed E-state index contributed by atoms with van der Waals surface area (Å²) >= 11 is 3.86. The van der Waals surface area contributed by atoms with E-state index in [9.17, 15) is 19.5 Å². The molecular formula is C23H26N10O5S3. The Morgan fingerprint density at radius 2 is 2.20 bits per heavy atom. The molecule has 0 unspecified atom stereocenters. The van der Waals surface area contributed by atoms with Crippen molar-refractivity contribution in [2.45, 2.75) is 23.0 Å². The van der Waals surface area contributed by atoms with Crippen LogP contribution in [0.4, 0.5) is 5.13 Å². The lowest BCUT2D eigenvalue weighted by Crippen LogP contribution is -2.71. The topological polar surface area (TPSA) is 187 Å². The first-order valence-electron chi connectivity index (χ1n) is 12.2. The number of oxime groups is 1. The van der Waals surface area contributed by atoms with E-state index in [2.05, 4.69) is 29.8 Å². The number of nitrogens with zero attached hydrogens (tertiary/aromatic N) is 8. The maximum absolute atomic E-state index is 13.1. The van der Waals surface area contributed by atoms with Gasteiger partial charge in [0.05, 0.1) is 11.7 Å². The highest BCUT2D eigenvalue weighted by Gasteiger charge is 2.53. The number of thioether (sulfide) groups is 2. The second-order valence-electron chi connectivity index (χ2n) is 9.23. The minimum absolute atomic E-state index is 0.0463. The molecule has 41 heavy (non-hydrogen) atoms. The zero-order valence-corrected chi connectivity index (χ0v) is 24.7. The molecule has 3 N–H and O–H groups in total. The standard InChI is InChI=1S/C23H26N10O5S3/c1-30(2)8-9-39-13-4-5-14-31(6-7-32(14)27-13)10-12-11-40-21-16(20(35)33(21)17(12)22(36)37)25-19(34)15(28-38-3)18-26-23(24)41-29-18/h4-7,16,21H,8-11H2,1-3H3,(H3-,24,25,26,29,34,36,37)/b28-15-/t16-,21-/m1/s1. The number of fused-ring (bicyclic) bond motifs is 2. The maximum Gasteiger partial charge on any atom is 0.307 e. The van der Waals surface area contributed by atoms with Gasteiger partial charge in [-0.05, 0) is 20.2 Å². The van der Waals surface area contributed by atoms with Crippen LogP contribution in [0.2, 0.25) is 0 Å². The van der Waals surface area contributed by atoms with Crippen LogP contribution < -0.4 is 20.7 Å². The number of β-lactam (4-membered cyclic amide) rings is 1. The van der Waals surface area contributed by atoms with Gasteiger partial charge in [-0.1, -0.05) is 10.3 Å². The first kappa shape index (κ1) is 28.8. The summed E-state index contributed by atoms with van der Waals surface area (Å²) in [5.41, 5.74) is 6.43. The highest BCUT2D eigenvalue weighted by atomic mass is 32.2. The lowest BCUT2D eigenvalue weighted by Gasteiger charge is -2.50. The highest BCUT2D eigenvalue weighted by Crippen LogP contribution is 2.40. The Morgan fingerprint density at radius 1 is 1.39 bits per heavy atom. The van der Waals surface area contributed by atoms with Gasteiger partial charge < -0.3 is 30.7 Å². The zero-order chi connectivity index (χ0) is 29.3. The van der Waals surface area contributed by atoms with Crippen LogP contribution in [-0.4, -0.2) is 103 Å². The van der Waals surface area contributed by atoms with Gasteiger partial charge in [0.15, 0.2) is 11.3 Å². The van der Waals surface area contributed by atoms with Crippen LogP contribution in [0.25, 0.3) is 5.65 Å². The fraction of sp³-hybridized carbons (Fsp3) is 0.391. The number of carboxylic acid groups (broad SMARTS) is 1. The number of imidazole rings is 1. The van der Waals surface area contributed by atoms with Crippen molar-refractivity contribution in [3.63, 3.8) is 0 Å². The Labute approximate surface area is 246 Å². The van der Waals surface area contributed by atoms with Crippen molar-refractivity contribution in [3.8, 4) is 0 Å². The van der Waals surface area contributed by atoms with Crippen LogP contribution >= 0.6 is 35.1 Å². The Balaban J connectivity index is 1.32. The van der Waals surface area contributed by atoms with Crippen molar-refractivity contribution < 1.29 is 28.9 Å². The summed E-state index contributed by atoms with van der Waals surface area (Å²) in [6.07, 6.45) is 3.61. The second-order valence-corrected chi connectivity index (χ2v) is 12.2. The maximum atomic E-state index is 13.1. The summed E-state index contributed by atoms with van der Waals surface area (Å²) in [5, 5.41) is 23.5. The number of hydrogen-bond donors (Lipinski definition) is 2. The van der Waals surface area contributed by atoms with Crippen LogP contribution in [-0.2, 0) is 25.8 Å². The molecule has 3 aromatic rings. The smallest absolute Gasteiger partial charge is 0.307 e. The quantitative estimate of drug-likeness (QED) is 0.0805. The minimum Gasteiger partial charge on any atom is -0.543 e. The Bertz CT molecular complexity index is 1570. The Kier molecular flexibility index (Phi) is 8.43. The highest BCUT2D eigenvalue weighted by molar-refractivity contribution is 8.00. The number of carboxylic acids is 1. The van der Waals surface area contributed by atoms with Crippen LogP contribution in [0, 0.1) is 0 Å². The number of carbonyl (C=O) groups excluding carboxylic acids is 3. The van der Waals surface area contributed by atoms with Crippen molar-refractivity contribution in [1.82, 2.24) is 34.1 Å². The molecule has 0 bridgehead atoms. The molecule has 1 saturated heterocycles. The summed E-state index contributed by atoms with van der Waals surface area (Å²) in [6, 6.07) is 2.86. The molecule has 15 nitrogen and oxygen atoms in total. The second kappa shape index (κ2) is 12.0. The van der Waals surface area contributed by atoms with Crippen molar-refractivity contribution in [2.75, 3.05) is 45.0 Å². The van der Waals surface area contributed by atoms with Gasteiger partial charge in [-0.3, -0.25) is 14.5 Å². The fourth-order valence-corrected chi connectivity index (χ4v) is 7.07. The number of nitrogens with two attached hydrogens (primary N) is 1. The van der Waals surface area contributed by atoms with Crippen LogP contribution in [0.1, 0.15) is 5.82 Å². The number of aromatic nitrogens is 5. The van der Waals surface area contributed by atoms with E-state index in [0.717, 1.165) is 39.4 Å². The molecule has 2 amide bonds. The molecule has 18 heteroatoms. The van der Waals surface area contributed by atoms with Gasteiger partial charge in [0, 0.05) is 41.2 Å². The number of anilines is 1. The molecule has 0 spiro atoms. The normalized spacial score (nSPS) is 19.0. The number of nitrogens with one attached hydrogen (secondary N) is 1. The molecule has 2 atom stereocenters. The summed E-state index contributed by atoms with van der Waals surface area (Å²) in [6.45, 7) is 1.14. The monoisotopic (exact) mass is 618 g/mol. The molecule has 2 aliphatic rings. The minimum atomic E-state index is -1.46. The van der Waals surface area contributed by atoms with Crippen molar-refractivity contribution in [3.05, 3.63) is 41.6 Å². The third-order valence-corrected chi connectivity index (χ3v) is 9.01. The van der Waals surface area contributed by atoms with Gasteiger partial charge in [0.1, 0.15) is 36.3 Å². The molecule has 1 fully saturated rings. The Morgan fingerprint density at radius 3 is 2.88 bits per heavy atom. The SMILES string of the molecule is CO/N=C(\C(=O)N[C@@H]1C(=O)N2C(C(=O)[O-])=C(C[n+]3ccn4nc(SCCN(C)C)ccc43)CS[C@H]12)c1nsc(N)n1. The fourth-order valence-electron chi connectivity index (χ4n) is 4.33. The summed E-state index contributed by atoms with van der Waals surface area (Å²) in [4.78, 5) is 50.2. The largest absolute Gasteiger partial charge is 0.543 e. The first-order valence-corrected chi connectivity index (χ1v) is 15.0. The van der Waals surface area contributed by atoms with E-state index in [1.165, 1.54) is 18.9 Å². The summed E-state index contributed by atoms with van der Waals surface area (Å²) in [7, 11) is 5.29. The molecule has 5 rings (SSSR count). The van der Waals surface area contributed by atoms with E-state index in [4.69, 9.17) is 10.6 Å². The third-order valence-electron chi connectivity index (χ3n) is 6.23. The van der Waals surface area contributed by atoms with E-state index in [-0.39, 0.29) is 28.9 Å². The van der Waals surface area contributed by atoms with Gasteiger partial charge >= 0.3 is 5.65 Å². The molecule has 0 radical (unpaired) electrons. The molecule has 216 valence electrons. The average molecular weight is 619 g/mol. The van der Waals surface area contributed by atoms with E-state index >= 15 is 0 Å². The van der Waals surface area contributed by atoms with Gasteiger partial charge in [0.2, 0.25) is 11.5 Å². The van der Waals surface area contributed by atoms with Gasteiger partial charge in [-0.2, -0.15) is 9.36 Å². The van der Waals surface area contributed by atoms with E-state index in [1.54, 1.807) is 22.5 Å². The lowest BCUT2D eigenvalue weighted by atomic mass is 10.0. The Hall–Kier alpha value is -3.74. The van der Waals surface area contributed by atoms with Crippen molar-refractivity contribution >= 4 is 69.3 Å². The molecule has 0 aromatic carbocycles. The van der Waals surface area contributed by atoms with Crippen molar-refractivity contribution in [1.29, 1.82) is 0 Å². The number of aliphatic carboxylic acids is 1.